The fourth-order valence-corrected chi connectivity index (χ4v) is 6.47. The second-order valence-corrected chi connectivity index (χ2v) is 12.5. The number of halogens is 2. The zero-order valence-electron chi connectivity index (χ0n) is 23.9. The zero-order valence-corrected chi connectivity index (χ0v) is 24.8. The third-order valence-corrected chi connectivity index (χ3v) is 8.97. The third-order valence-electron chi connectivity index (χ3n) is 8.19. The van der Waals surface area contributed by atoms with Gasteiger partial charge in [-0.15, -0.1) is 11.3 Å². The second kappa shape index (κ2) is 11.4. The van der Waals surface area contributed by atoms with Crippen LogP contribution in [-0.4, -0.2) is 93.5 Å². The molecule has 1 aromatic carbocycles. The van der Waals surface area contributed by atoms with Gasteiger partial charge in [0.1, 0.15) is 17.9 Å². The number of amides is 1. The number of rotatable bonds is 9. The van der Waals surface area contributed by atoms with E-state index in [0.717, 1.165) is 0 Å². The number of alkyl halides is 1. The van der Waals surface area contributed by atoms with Crippen LogP contribution in [0.1, 0.15) is 49.4 Å². The van der Waals surface area contributed by atoms with Crippen LogP contribution >= 0.6 is 11.3 Å². The number of benzene rings is 1. The molecule has 226 valence electrons. The molecule has 0 bridgehead atoms. The monoisotopic (exact) mass is 603 g/mol. The highest BCUT2D eigenvalue weighted by Gasteiger charge is 2.60. The Morgan fingerprint density at radius 2 is 2.12 bits per heavy atom. The van der Waals surface area contributed by atoms with Gasteiger partial charge in [0.2, 0.25) is 5.91 Å². The number of hydrogen-bond acceptors (Lipinski definition) is 10. The van der Waals surface area contributed by atoms with Crippen molar-refractivity contribution in [2.75, 3.05) is 32.8 Å². The number of nitrogens with one attached hydrogen (secondary N) is 1. The molecule has 1 amide bonds. The molecule has 1 aromatic heterocycles. The Morgan fingerprint density at radius 3 is 2.79 bits per heavy atom. The minimum absolute atomic E-state index is 0.00859. The van der Waals surface area contributed by atoms with Crippen LogP contribution in [-0.2, 0) is 14.3 Å². The molecule has 2 aromatic rings. The van der Waals surface area contributed by atoms with Gasteiger partial charge in [-0.1, -0.05) is 26.0 Å². The van der Waals surface area contributed by atoms with Crippen LogP contribution in [0.2, 0.25) is 0 Å². The molecular weight excluding hydrogens is 568 g/mol. The summed E-state index contributed by atoms with van der Waals surface area (Å²) in [5.74, 6) is -1.19. The predicted octanol–water partition coefficient (Wildman–Crippen LogP) is 2.46. The lowest BCUT2D eigenvalue weighted by atomic mass is 9.92. The number of likely N-dealkylation sites (tertiary alicyclic amines) is 2. The van der Waals surface area contributed by atoms with E-state index in [1.807, 2.05) is 0 Å². The number of fused-ring (bicyclic) bond motifs is 1. The number of esters is 1. The van der Waals surface area contributed by atoms with E-state index in [1.165, 1.54) is 22.3 Å². The molecule has 3 atom stereocenters. The minimum Gasteiger partial charge on any atom is -0.463 e. The van der Waals surface area contributed by atoms with Gasteiger partial charge in [0, 0.05) is 42.3 Å². The van der Waals surface area contributed by atoms with Crippen LogP contribution in [0.4, 0.5) is 8.78 Å². The second-order valence-electron chi connectivity index (χ2n) is 11.6. The van der Waals surface area contributed by atoms with Gasteiger partial charge in [-0.3, -0.25) is 14.7 Å². The normalized spacial score (nSPS) is 24.7. The Labute approximate surface area is 246 Å². The first kappa shape index (κ1) is 30.2. The first-order valence-corrected chi connectivity index (χ1v) is 14.7. The highest BCUT2D eigenvalue weighted by molar-refractivity contribution is 7.11. The zero-order chi connectivity index (χ0) is 30.4. The molecule has 3 aliphatic rings. The number of aliphatic hydroxyl groups excluding tert-OH is 1. The molecule has 42 heavy (non-hydrogen) atoms. The number of hydrogen-bond donors (Lipinski definition) is 3. The quantitative estimate of drug-likeness (QED) is 0.295. The van der Waals surface area contributed by atoms with E-state index in [-0.39, 0.29) is 44.8 Å². The first-order chi connectivity index (χ1) is 19.9. The summed E-state index contributed by atoms with van der Waals surface area (Å²) >= 11 is 1.33. The number of nitrogens with zero attached hydrogens (tertiary/aromatic N) is 4. The van der Waals surface area contributed by atoms with Crippen LogP contribution in [0.5, 0.6) is 0 Å². The van der Waals surface area contributed by atoms with Gasteiger partial charge in [-0.05, 0) is 37.5 Å². The van der Waals surface area contributed by atoms with E-state index in [1.54, 1.807) is 56.3 Å². The van der Waals surface area contributed by atoms with Crippen LogP contribution in [0, 0.1) is 18.2 Å². The average Bonchev–Trinajstić information content (AvgIpc) is 3.63. The van der Waals surface area contributed by atoms with Gasteiger partial charge in [-0.2, -0.15) is 0 Å². The number of aromatic nitrogens is 1. The maximum absolute atomic E-state index is 16.3. The summed E-state index contributed by atoms with van der Waals surface area (Å²) in [4.78, 5) is 39.2. The number of aliphatic hydroxyl groups is 2. The van der Waals surface area contributed by atoms with Crippen molar-refractivity contribution in [2.24, 2.45) is 10.4 Å². The van der Waals surface area contributed by atoms with Crippen LogP contribution < -0.4 is 5.32 Å². The summed E-state index contributed by atoms with van der Waals surface area (Å²) in [5.41, 5.74) is -1.60. The minimum atomic E-state index is -1.85. The van der Waals surface area contributed by atoms with Gasteiger partial charge in [-0.25, -0.2) is 18.6 Å². The van der Waals surface area contributed by atoms with Crippen LogP contribution in [0.25, 0.3) is 0 Å². The molecule has 0 radical (unpaired) electrons. The molecule has 5 rings (SSSR count). The van der Waals surface area contributed by atoms with Gasteiger partial charge >= 0.3 is 5.97 Å². The summed E-state index contributed by atoms with van der Waals surface area (Å²) in [6.45, 7) is 6.61. The molecule has 0 saturated carbocycles. The summed E-state index contributed by atoms with van der Waals surface area (Å²) in [5, 5.41) is 25.1. The molecule has 2 saturated heterocycles. The van der Waals surface area contributed by atoms with E-state index in [2.05, 4.69) is 10.3 Å². The van der Waals surface area contributed by atoms with Gasteiger partial charge in [0.25, 0.3) is 0 Å². The Balaban J connectivity index is 1.54. The molecule has 4 heterocycles. The van der Waals surface area contributed by atoms with Crippen molar-refractivity contribution in [2.45, 2.75) is 58.2 Å². The predicted molar refractivity (Wildman–Crippen MR) is 152 cm³/mol. The van der Waals surface area contributed by atoms with Gasteiger partial charge in [0.15, 0.2) is 22.8 Å². The molecule has 10 nitrogen and oxygen atoms in total. The van der Waals surface area contributed by atoms with E-state index >= 15 is 4.39 Å². The Morgan fingerprint density at radius 1 is 1.36 bits per heavy atom. The van der Waals surface area contributed by atoms with Gasteiger partial charge < -0.3 is 25.2 Å². The number of carbonyl (C=O) groups excluding carboxylic acids is 2. The standard InChI is InChI=1S/C29H35F2N5O5S/c1-5-41-26(38)20-19(13-35-11-9-29(31)15-36(25(37)22(29)35)14-28(3,4)27(39)40)33-23(24-32-10-12-42-24)34-21(20)17-7-6-8-18(30)16(17)2/h6-8,10,12,21-22,27,39-40H,5,9,11,13-15H2,1-4H3,(H,33,34)/t21-,22-,29-/m0/s1. The summed E-state index contributed by atoms with van der Waals surface area (Å²) < 4.78 is 36.4. The van der Waals surface area contributed by atoms with Crippen molar-refractivity contribution in [3.63, 3.8) is 0 Å². The number of amidine groups is 1. The van der Waals surface area contributed by atoms with Crippen molar-refractivity contribution in [3.8, 4) is 0 Å². The molecule has 0 spiro atoms. The van der Waals surface area contributed by atoms with E-state index in [9.17, 15) is 24.2 Å². The fraction of sp³-hybridized carbons (Fsp3) is 0.517. The van der Waals surface area contributed by atoms with Crippen LogP contribution in [0.15, 0.2) is 46.0 Å². The summed E-state index contributed by atoms with van der Waals surface area (Å²) in [6, 6.07) is 2.52. The Bertz CT molecular complexity index is 1430. The van der Waals surface area contributed by atoms with Crippen molar-refractivity contribution in [1.29, 1.82) is 0 Å². The Kier molecular flexibility index (Phi) is 8.23. The molecule has 3 N–H and O–H groups in total. The van der Waals surface area contributed by atoms with Crippen molar-refractivity contribution >= 4 is 29.0 Å². The molecule has 3 aliphatic heterocycles. The fourth-order valence-electron chi connectivity index (χ4n) is 5.88. The van der Waals surface area contributed by atoms with Crippen molar-refractivity contribution in [3.05, 3.63) is 63.0 Å². The van der Waals surface area contributed by atoms with Gasteiger partial charge in [0.05, 0.1) is 18.7 Å². The smallest absolute Gasteiger partial charge is 0.338 e. The topological polar surface area (TPSA) is 128 Å². The average molecular weight is 604 g/mol. The van der Waals surface area contributed by atoms with Crippen molar-refractivity contribution < 1.29 is 33.3 Å². The highest BCUT2D eigenvalue weighted by atomic mass is 32.1. The lowest BCUT2D eigenvalue weighted by molar-refractivity contribution is -0.144. The first-order valence-electron chi connectivity index (χ1n) is 13.8. The maximum Gasteiger partial charge on any atom is 0.338 e. The Hall–Kier alpha value is -3.26. The van der Waals surface area contributed by atoms with E-state index < -0.39 is 47.2 Å². The SMILES string of the molecule is CCOC(=O)C1=C(CN2CC[C@]3(F)CN(CC(C)(C)C(O)O)C(=O)[C@H]23)NC(c2nccs2)=N[C@H]1c1cccc(F)c1C. The lowest BCUT2D eigenvalue weighted by Gasteiger charge is -2.33. The lowest BCUT2D eigenvalue weighted by Crippen LogP contribution is -2.48. The van der Waals surface area contributed by atoms with Crippen LogP contribution in [0.3, 0.4) is 0 Å². The third kappa shape index (κ3) is 5.46. The number of aliphatic imine (C=N–C) groups is 1. The van der Waals surface area contributed by atoms with E-state index in [4.69, 9.17) is 9.73 Å². The number of carbonyl (C=O) groups is 2. The highest BCUT2D eigenvalue weighted by Crippen LogP contribution is 2.42. The largest absolute Gasteiger partial charge is 0.463 e. The molecule has 13 heteroatoms. The molecular formula is C29H35F2N5O5S. The maximum atomic E-state index is 16.3. The number of thiazole rings is 1. The molecule has 0 unspecified atom stereocenters. The van der Waals surface area contributed by atoms with Crippen molar-refractivity contribution in [1.82, 2.24) is 20.1 Å². The number of ether oxygens (including phenoxy) is 1. The summed E-state index contributed by atoms with van der Waals surface area (Å²) in [7, 11) is 0. The summed E-state index contributed by atoms with van der Waals surface area (Å²) in [6.07, 6.45) is 0.0166. The molecule has 2 fully saturated rings. The van der Waals surface area contributed by atoms with E-state index in [0.29, 0.717) is 27.7 Å². The molecule has 0 aliphatic carbocycles.